The molecule has 19 heavy (non-hydrogen) atoms. The minimum Gasteiger partial charge on any atom is -0.337 e. The molecule has 0 saturated carbocycles. The number of amides is 1. The van der Waals surface area contributed by atoms with Crippen LogP contribution in [-0.2, 0) is 0 Å². The highest BCUT2D eigenvalue weighted by Crippen LogP contribution is 2.09. The van der Waals surface area contributed by atoms with E-state index in [9.17, 15) is 4.79 Å². The number of hydrogen-bond acceptors (Lipinski definition) is 2. The molecule has 0 radical (unpaired) electrons. The summed E-state index contributed by atoms with van der Waals surface area (Å²) in [6.45, 7) is 9.80. The van der Waals surface area contributed by atoms with Crippen molar-refractivity contribution in [3.05, 3.63) is 35.4 Å². The van der Waals surface area contributed by atoms with Crippen molar-refractivity contribution >= 4 is 5.91 Å². The van der Waals surface area contributed by atoms with Crippen molar-refractivity contribution in [3.63, 3.8) is 0 Å². The van der Waals surface area contributed by atoms with Gasteiger partial charge in [-0.05, 0) is 39.1 Å². The van der Waals surface area contributed by atoms with Gasteiger partial charge in [0.15, 0.2) is 0 Å². The predicted molar refractivity (Wildman–Crippen MR) is 80.5 cm³/mol. The van der Waals surface area contributed by atoms with Crippen molar-refractivity contribution in [2.45, 2.75) is 27.2 Å². The minimum absolute atomic E-state index is 0.167. The molecule has 1 heterocycles. The van der Waals surface area contributed by atoms with Gasteiger partial charge in [-0.25, -0.2) is 0 Å². The lowest BCUT2D eigenvalue weighted by molar-refractivity contribution is 0.0763. The standard InChI is InChI=1S/C14H20N2O.C2H6/c1-12-4-6-13(7-5-12)14(17)16-9-3-8-15(2)10-11-16;1-2/h4-7H,3,8-11H2,1-2H3;1-2H3. The van der Waals surface area contributed by atoms with E-state index in [4.69, 9.17) is 0 Å². The van der Waals surface area contributed by atoms with E-state index >= 15 is 0 Å². The van der Waals surface area contributed by atoms with E-state index in [1.807, 2.05) is 49.9 Å². The number of nitrogens with zero attached hydrogens (tertiary/aromatic N) is 2. The SMILES string of the molecule is CC.Cc1ccc(C(=O)N2CCCN(C)CC2)cc1. The number of carbonyl (C=O) groups is 1. The molecule has 0 bridgehead atoms. The molecule has 1 fully saturated rings. The first-order chi connectivity index (χ1) is 9.16. The zero-order valence-corrected chi connectivity index (χ0v) is 12.6. The summed E-state index contributed by atoms with van der Waals surface area (Å²) in [6, 6.07) is 7.84. The average molecular weight is 262 g/mol. The Labute approximate surface area is 117 Å². The smallest absolute Gasteiger partial charge is 0.253 e. The van der Waals surface area contributed by atoms with Crippen LogP contribution in [0.15, 0.2) is 24.3 Å². The Hall–Kier alpha value is -1.35. The number of benzene rings is 1. The molecule has 106 valence electrons. The average Bonchev–Trinajstić information content (AvgIpc) is 2.66. The lowest BCUT2D eigenvalue weighted by Crippen LogP contribution is -2.34. The van der Waals surface area contributed by atoms with E-state index in [0.29, 0.717) is 0 Å². The summed E-state index contributed by atoms with van der Waals surface area (Å²) in [5, 5.41) is 0. The third-order valence-corrected chi connectivity index (χ3v) is 3.31. The first-order valence-corrected chi connectivity index (χ1v) is 7.21. The van der Waals surface area contributed by atoms with Gasteiger partial charge in [0.25, 0.3) is 5.91 Å². The van der Waals surface area contributed by atoms with Gasteiger partial charge in [0.1, 0.15) is 0 Å². The first kappa shape index (κ1) is 15.7. The van der Waals surface area contributed by atoms with Crippen molar-refractivity contribution < 1.29 is 4.79 Å². The van der Waals surface area contributed by atoms with Crippen LogP contribution in [0.5, 0.6) is 0 Å². The Morgan fingerprint density at radius 1 is 1.00 bits per heavy atom. The fourth-order valence-corrected chi connectivity index (χ4v) is 2.13. The Balaban J connectivity index is 0.000000861. The van der Waals surface area contributed by atoms with Crippen molar-refractivity contribution in [1.29, 1.82) is 0 Å². The van der Waals surface area contributed by atoms with Crippen LogP contribution >= 0.6 is 0 Å². The summed E-state index contributed by atoms with van der Waals surface area (Å²) in [7, 11) is 2.11. The molecule has 0 aliphatic carbocycles. The fraction of sp³-hybridized carbons (Fsp3) is 0.562. The molecule has 1 amide bonds. The second-order valence-corrected chi connectivity index (χ2v) is 4.82. The summed E-state index contributed by atoms with van der Waals surface area (Å²) in [6.07, 6.45) is 1.06. The molecule has 0 unspecified atom stereocenters. The second-order valence-electron chi connectivity index (χ2n) is 4.82. The summed E-state index contributed by atoms with van der Waals surface area (Å²) >= 11 is 0. The molecule has 0 spiro atoms. The molecular formula is C16H26N2O. The van der Waals surface area contributed by atoms with Crippen LogP contribution in [-0.4, -0.2) is 48.9 Å². The number of hydrogen-bond donors (Lipinski definition) is 0. The maximum atomic E-state index is 12.3. The van der Waals surface area contributed by atoms with Crippen molar-refractivity contribution in [2.24, 2.45) is 0 Å². The molecule has 1 aliphatic rings. The molecule has 1 saturated heterocycles. The van der Waals surface area contributed by atoms with Crippen molar-refractivity contribution in [2.75, 3.05) is 33.2 Å². The monoisotopic (exact) mass is 262 g/mol. The quantitative estimate of drug-likeness (QED) is 0.777. The highest BCUT2D eigenvalue weighted by Gasteiger charge is 2.18. The van der Waals surface area contributed by atoms with Crippen LogP contribution in [0.2, 0.25) is 0 Å². The topological polar surface area (TPSA) is 23.6 Å². The van der Waals surface area contributed by atoms with Gasteiger partial charge in [0.05, 0.1) is 0 Å². The molecule has 2 rings (SSSR count). The van der Waals surface area contributed by atoms with Crippen molar-refractivity contribution in [1.82, 2.24) is 9.80 Å². The predicted octanol–water partition coefficient (Wildman–Crippen LogP) is 2.80. The molecular weight excluding hydrogens is 236 g/mol. The van der Waals surface area contributed by atoms with Gasteiger partial charge in [-0.2, -0.15) is 0 Å². The number of aryl methyl sites for hydroxylation is 1. The normalized spacial score (nSPS) is 16.3. The number of rotatable bonds is 1. The van der Waals surface area contributed by atoms with Crippen LogP contribution in [0.4, 0.5) is 0 Å². The number of likely N-dealkylation sites (N-methyl/N-ethyl adjacent to an activating group) is 1. The van der Waals surface area contributed by atoms with Crippen LogP contribution in [0.25, 0.3) is 0 Å². The van der Waals surface area contributed by atoms with E-state index in [2.05, 4.69) is 11.9 Å². The van der Waals surface area contributed by atoms with Gasteiger partial charge in [-0.15, -0.1) is 0 Å². The van der Waals surface area contributed by atoms with Crippen LogP contribution in [0.1, 0.15) is 36.2 Å². The summed E-state index contributed by atoms with van der Waals surface area (Å²) in [4.78, 5) is 16.5. The molecule has 3 nitrogen and oxygen atoms in total. The van der Waals surface area contributed by atoms with Gasteiger partial charge in [0.2, 0.25) is 0 Å². The molecule has 0 aromatic heterocycles. The van der Waals surface area contributed by atoms with E-state index < -0.39 is 0 Å². The Kier molecular flexibility index (Phi) is 6.57. The van der Waals surface area contributed by atoms with Crippen LogP contribution in [0.3, 0.4) is 0 Å². The highest BCUT2D eigenvalue weighted by molar-refractivity contribution is 5.94. The van der Waals surface area contributed by atoms with Gasteiger partial charge < -0.3 is 9.80 Å². The van der Waals surface area contributed by atoms with Crippen molar-refractivity contribution in [3.8, 4) is 0 Å². The van der Waals surface area contributed by atoms with E-state index in [1.54, 1.807) is 0 Å². The minimum atomic E-state index is 0.167. The van der Waals surface area contributed by atoms with E-state index in [-0.39, 0.29) is 5.91 Å². The molecule has 1 aromatic rings. The Morgan fingerprint density at radius 2 is 1.63 bits per heavy atom. The Bertz CT molecular complexity index is 386. The Morgan fingerprint density at radius 3 is 2.26 bits per heavy atom. The van der Waals surface area contributed by atoms with E-state index in [0.717, 1.165) is 38.2 Å². The zero-order chi connectivity index (χ0) is 14.3. The lowest BCUT2D eigenvalue weighted by atomic mass is 10.1. The summed E-state index contributed by atoms with van der Waals surface area (Å²) < 4.78 is 0. The third-order valence-electron chi connectivity index (χ3n) is 3.31. The van der Waals surface area contributed by atoms with Gasteiger partial charge in [-0.1, -0.05) is 31.5 Å². The fourth-order valence-electron chi connectivity index (χ4n) is 2.13. The molecule has 3 heteroatoms. The van der Waals surface area contributed by atoms with Gasteiger partial charge >= 0.3 is 0 Å². The molecule has 0 N–H and O–H groups in total. The summed E-state index contributed by atoms with van der Waals surface area (Å²) in [5.41, 5.74) is 2.00. The van der Waals surface area contributed by atoms with Crippen LogP contribution in [0, 0.1) is 6.92 Å². The maximum absolute atomic E-state index is 12.3. The zero-order valence-electron chi connectivity index (χ0n) is 12.6. The third kappa shape index (κ3) is 4.67. The van der Waals surface area contributed by atoms with E-state index in [1.165, 1.54) is 5.56 Å². The molecule has 0 atom stereocenters. The largest absolute Gasteiger partial charge is 0.337 e. The summed E-state index contributed by atoms with van der Waals surface area (Å²) in [5.74, 6) is 0.167. The first-order valence-electron chi connectivity index (χ1n) is 7.21. The number of carbonyl (C=O) groups excluding carboxylic acids is 1. The van der Waals surface area contributed by atoms with Crippen LogP contribution < -0.4 is 0 Å². The van der Waals surface area contributed by atoms with Gasteiger partial charge in [-0.3, -0.25) is 4.79 Å². The molecule has 1 aliphatic heterocycles. The van der Waals surface area contributed by atoms with Gasteiger partial charge in [0, 0.05) is 25.2 Å². The maximum Gasteiger partial charge on any atom is 0.253 e. The lowest BCUT2D eigenvalue weighted by Gasteiger charge is -2.20. The molecule has 1 aromatic carbocycles. The second kappa shape index (κ2) is 7.95. The highest BCUT2D eigenvalue weighted by atomic mass is 16.2.